The molecule has 6 nitrogen and oxygen atoms in total. The summed E-state index contributed by atoms with van der Waals surface area (Å²) >= 11 is 5.81. The second kappa shape index (κ2) is 19.0. The number of halogens is 1. The van der Waals surface area contributed by atoms with Crippen LogP contribution in [0.5, 0.6) is 0 Å². The number of hydrogen-bond acceptors (Lipinski definition) is 5. The second-order valence-corrected chi connectivity index (χ2v) is 9.13. The predicted octanol–water partition coefficient (Wildman–Crippen LogP) is 6.67. The number of nitrogens with one attached hydrogen (secondary N) is 1. The van der Waals surface area contributed by atoms with E-state index in [0.717, 1.165) is 18.4 Å². The molecule has 0 bridgehead atoms. The highest BCUT2D eigenvalue weighted by atomic mass is 35.5. The number of carbonyl (C=O) groups is 2. The summed E-state index contributed by atoms with van der Waals surface area (Å²) in [5, 5.41) is 2.84. The highest BCUT2D eigenvalue weighted by Gasteiger charge is 2.17. The van der Waals surface area contributed by atoms with E-state index in [1.54, 1.807) is 27.9 Å². The van der Waals surface area contributed by atoms with Gasteiger partial charge in [0.05, 0.1) is 12.7 Å². The van der Waals surface area contributed by atoms with Crippen LogP contribution in [0, 0.1) is 0 Å². The predicted molar refractivity (Wildman–Crippen MR) is 131 cm³/mol. The second-order valence-electron chi connectivity index (χ2n) is 8.91. The molecule has 0 saturated heterocycles. The van der Waals surface area contributed by atoms with Crippen molar-refractivity contribution >= 4 is 23.7 Å². The van der Waals surface area contributed by atoms with Gasteiger partial charge in [-0.25, -0.2) is 4.79 Å². The summed E-state index contributed by atoms with van der Waals surface area (Å²) in [7, 11) is 1.76. The minimum Gasteiger partial charge on any atom is -0.434 e. The quantitative estimate of drug-likeness (QED) is 0.145. The molecule has 1 N–H and O–H groups in total. The Hall–Kier alpha value is -1.53. The zero-order valence-corrected chi connectivity index (χ0v) is 21.5. The zero-order chi connectivity index (χ0) is 24.2. The Morgan fingerprint density at radius 1 is 1.06 bits per heavy atom. The monoisotopic (exact) mass is 473 g/mol. The van der Waals surface area contributed by atoms with E-state index in [-0.39, 0.29) is 18.6 Å². The number of rotatable bonds is 17. The number of ether oxygens (including phenoxy) is 3. The molecule has 186 valence electrons. The molecule has 7 heteroatoms. The first-order valence-electron chi connectivity index (χ1n) is 11.8. The first-order valence-corrected chi connectivity index (χ1v) is 12.2. The van der Waals surface area contributed by atoms with Crippen molar-refractivity contribution < 1.29 is 23.8 Å². The largest absolute Gasteiger partial charge is 0.508 e. The molecule has 1 amide bonds. The third kappa shape index (κ3) is 19.2. The minimum atomic E-state index is -0.713. The highest BCUT2D eigenvalue weighted by molar-refractivity contribution is 6.25. The van der Waals surface area contributed by atoms with E-state index in [1.165, 1.54) is 37.6 Å². The molecule has 0 aromatic heterocycles. The Balaban J connectivity index is 3.96. The standard InChI is InChI=1S/C25H44ClNO5/c1-6-7-8-9-11-14-22(30-5)15-12-10-13-16-23(28)27-20-21(19-26)17-18-31-24(29)32-25(2,3)4/h10,12,19,22H,6-9,11,13-18,20H2,1-5H3,(H,27,28)/b12-10+,21-19-/t22-/m0/s1. The summed E-state index contributed by atoms with van der Waals surface area (Å²) in [5.74, 6) is -0.0436. The van der Waals surface area contributed by atoms with Crippen molar-refractivity contribution in [2.75, 3.05) is 20.3 Å². The summed E-state index contributed by atoms with van der Waals surface area (Å²) in [5.41, 5.74) is 1.59. The van der Waals surface area contributed by atoms with Gasteiger partial charge >= 0.3 is 6.16 Å². The van der Waals surface area contributed by atoms with Gasteiger partial charge in [0.2, 0.25) is 5.91 Å². The van der Waals surface area contributed by atoms with Crippen LogP contribution in [0.25, 0.3) is 0 Å². The number of amides is 1. The lowest BCUT2D eigenvalue weighted by Crippen LogP contribution is -2.26. The van der Waals surface area contributed by atoms with E-state index in [0.29, 0.717) is 25.8 Å². The Morgan fingerprint density at radius 3 is 2.41 bits per heavy atom. The molecule has 0 rings (SSSR count). The summed E-state index contributed by atoms with van der Waals surface area (Å²) < 4.78 is 15.6. The fraction of sp³-hybridized carbons (Fsp3) is 0.760. The number of unbranched alkanes of at least 4 members (excludes halogenated alkanes) is 4. The van der Waals surface area contributed by atoms with Crippen LogP contribution in [-0.2, 0) is 19.0 Å². The Bertz CT molecular complexity index is 569. The molecular weight excluding hydrogens is 430 g/mol. The van der Waals surface area contributed by atoms with Crippen molar-refractivity contribution in [1.82, 2.24) is 5.32 Å². The molecule has 0 unspecified atom stereocenters. The van der Waals surface area contributed by atoms with Crippen LogP contribution >= 0.6 is 11.6 Å². The van der Waals surface area contributed by atoms with Gasteiger partial charge in [-0.15, -0.1) is 0 Å². The number of allylic oxidation sites excluding steroid dienone is 1. The SMILES string of the molecule is CCCCCCC[C@@H](C/C=C/CCC(=O)NC/C(=C\Cl)CCOC(=O)OC(C)(C)C)OC. The van der Waals surface area contributed by atoms with Crippen molar-refractivity contribution in [3.05, 3.63) is 23.3 Å². The van der Waals surface area contributed by atoms with E-state index >= 15 is 0 Å². The van der Waals surface area contributed by atoms with Gasteiger partial charge in [0.25, 0.3) is 0 Å². The van der Waals surface area contributed by atoms with Crippen molar-refractivity contribution in [1.29, 1.82) is 0 Å². The molecule has 1 atom stereocenters. The van der Waals surface area contributed by atoms with Crippen molar-refractivity contribution in [3.63, 3.8) is 0 Å². The smallest absolute Gasteiger partial charge is 0.434 e. The van der Waals surface area contributed by atoms with Gasteiger partial charge in [-0.2, -0.15) is 0 Å². The molecule has 0 heterocycles. The molecule has 0 aliphatic heterocycles. The molecule has 0 aliphatic carbocycles. The van der Waals surface area contributed by atoms with Crippen LogP contribution in [0.4, 0.5) is 4.79 Å². The minimum absolute atomic E-state index is 0.0436. The maximum Gasteiger partial charge on any atom is 0.508 e. The Morgan fingerprint density at radius 2 is 1.78 bits per heavy atom. The first kappa shape index (κ1) is 30.5. The Kier molecular flexibility index (Phi) is 18.1. The van der Waals surface area contributed by atoms with Gasteiger partial charge in [-0.1, -0.05) is 62.8 Å². The third-order valence-corrected chi connectivity index (χ3v) is 5.07. The molecule has 0 saturated carbocycles. The molecule has 0 aliphatic rings. The lowest BCUT2D eigenvalue weighted by Gasteiger charge is -2.18. The van der Waals surface area contributed by atoms with Crippen LogP contribution in [0.15, 0.2) is 23.3 Å². The normalized spacial score (nSPS) is 13.2. The van der Waals surface area contributed by atoms with Gasteiger partial charge in [0, 0.05) is 32.0 Å². The number of carbonyl (C=O) groups excluding carboxylic acids is 2. The van der Waals surface area contributed by atoms with Gasteiger partial charge in [-0.3, -0.25) is 4.79 Å². The van der Waals surface area contributed by atoms with Crippen LogP contribution in [0.2, 0.25) is 0 Å². The Labute approximate surface area is 200 Å². The molecule has 0 aromatic rings. The summed E-state index contributed by atoms with van der Waals surface area (Å²) in [6.45, 7) is 8.01. The average molecular weight is 474 g/mol. The molecule has 0 fully saturated rings. The lowest BCUT2D eigenvalue weighted by atomic mass is 10.1. The zero-order valence-electron chi connectivity index (χ0n) is 20.7. The van der Waals surface area contributed by atoms with Gasteiger partial charge < -0.3 is 19.5 Å². The molecule has 0 spiro atoms. The fourth-order valence-electron chi connectivity index (χ4n) is 2.91. The van der Waals surface area contributed by atoms with Crippen LogP contribution in [0.1, 0.15) is 91.9 Å². The van der Waals surface area contributed by atoms with Crippen LogP contribution in [0.3, 0.4) is 0 Å². The summed E-state index contributed by atoms with van der Waals surface area (Å²) in [4.78, 5) is 23.6. The van der Waals surface area contributed by atoms with Gasteiger partial charge in [0.15, 0.2) is 0 Å². The molecule has 0 radical (unpaired) electrons. The van der Waals surface area contributed by atoms with Crippen molar-refractivity contribution in [2.24, 2.45) is 0 Å². The van der Waals surface area contributed by atoms with E-state index in [4.69, 9.17) is 25.8 Å². The maximum absolute atomic E-state index is 12.0. The maximum atomic E-state index is 12.0. The molecule has 32 heavy (non-hydrogen) atoms. The summed E-state index contributed by atoms with van der Waals surface area (Å²) in [6.07, 6.45) is 13.5. The van der Waals surface area contributed by atoms with E-state index in [2.05, 4.69) is 18.3 Å². The summed E-state index contributed by atoms with van der Waals surface area (Å²) in [6, 6.07) is 0. The van der Waals surface area contributed by atoms with Crippen molar-refractivity contribution in [3.8, 4) is 0 Å². The van der Waals surface area contributed by atoms with Gasteiger partial charge in [0.1, 0.15) is 5.60 Å². The van der Waals surface area contributed by atoms with Crippen LogP contribution in [-0.4, -0.2) is 44.0 Å². The lowest BCUT2D eigenvalue weighted by molar-refractivity contribution is -0.120. The average Bonchev–Trinajstić information content (AvgIpc) is 2.72. The molecule has 0 aromatic carbocycles. The number of hydrogen-bond donors (Lipinski definition) is 1. The number of methoxy groups -OCH3 is 1. The highest BCUT2D eigenvalue weighted by Crippen LogP contribution is 2.12. The van der Waals surface area contributed by atoms with Crippen molar-refractivity contribution in [2.45, 2.75) is 104 Å². The molecular formula is C25H44ClNO5. The third-order valence-electron chi connectivity index (χ3n) is 4.77. The fourth-order valence-corrected chi connectivity index (χ4v) is 3.10. The van der Waals surface area contributed by atoms with E-state index < -0.39 is 11.8 Å². The van der Waals surface area contributed by atoms with E-state index in [9.17, 15) is 9.59 Å². The van der Waals surface area contributed by atoms with E-state index in [1.807, 2.05) is 6.08 Å². The topological polar surface area (TPSA) is 73.9 Å². The van der Waals surface area contributed by atoms with Gasteiger partial charge in [-0.05, 0) is 45.6 Å². The van der Waals surface area contributed by atoms with Crippen LogP contribution < -0.4 is 5.32 Å². The first-order chi connectivity index (χ1) is 15.2.